The zero-order valence-electron chi connectivity index (χ0n) is 9.85. The highest BCUT2D eigenvalue weighted by Crippen LogP contribution is 2.24. The number of benzene rings is 1. The van der Waals surface area contributed by atoms with E-state index in [0.717, 1.165) is 29.3 Å². The third-order valence-corrected chi connectivity index (χ3v) is 3.09. The van der Waals surface area contributed by atoms with Gasteiger partial charge in [0.05, 0.1) is 11.0 Å². The van der Waals surface area contributed by atoms with E-state index in [2.05, 4.69) is 41.2 Å². The Bertz CT molecular complexity index is 674. The molecule has 0 saturated carbocycles. The summed E-state index contributed by atoms with van der Waals surface area (Å²) >= 11 is 0. The molecule has 3 aromatic rings. The van der Waals surface area contributed by atoms with Crippen LogP contribution in [-0.4, -0.2) is 9.97 Å². The molecular formula is C15H14N2. The molecule has 17 heavy (non-hydrogen) atoms. The second-order valence-corrected chi connectivity index (χ2v) is 4.26. The van der Waals surface area contributed by atoms with Crippen molar-refractivity contribution in [1.82, 2.24) is 9.97 Å². The quantitative estimate of drug-likeness (QED) is 0.617. The van der Waals surface area contributed by atoms with E-state index in [1.54, 1.807) is 0 Å². The van der Waals surface area contributed by atoms with Crippen LogP contribution >= 0.6 is 0 Å². The second kappa shape index (κ2) is 4.13. The Labute approximate surface area is 100 Å². The molecule has 0 amide bonds. The summed E-state index contributed by atoms with van der Waals surface area (Å²) in [5.74, 6) is 0. The van der Waals surface area contributed by atoms with Crippen LogP contribution in [0.5, 0.6) is 0 Å². The lowest BCUT2D eigenvalue weighted by Crippen LogP contribution is -1.90. The average Bonchev–Trinajstić information content (AvgIpc) is 2.39. The lowest BCUT2D eigenvalue weighted by atomic mass is 10.0. The van der Waals surface area contributed by atoms with Gasteiger partial charge < -0.3 is 0 Å². The zero-order chi connectivity index (χ0) is 11.7. The van der Waals surface area contributed by atoms with E-state index >= 15 is 0 Å². The molecule has 0 spiro atoms. The maximum absolute atomic E-state index is 4.49. The molecule has 0 aliphatic rings. The number of hydrogen-bond acceptors (Lipinski definition) is 2. The number of aromatic nitrogens is 2. The highest BCUT2D eigenvalue weighted by Gasteiger charge is 2.05. The van der Waals surface area contributed by atoms with Gasteiger partial charge >= 0.3 is 0 Å². The maximum Gasteiger partial charge on any atom is 0.0967 e. The molecule has 0 saturated heterocycles. The molecular weight excluding hydrogens is 208 g/mol. The molecule has 0 unspecified atom stereocenters. The van der Waals surface area contributed by atoms with E-state index in [1.807, 2.05) is 18.5 Å². The summed E-state index contributed by atoms with van der Waals surface area (Å²) in [5.41, 5.74) is 3.39. The minimum atomic E-state index is 1.00. The fraction of sp³-hybridized carbons (Fsp3) is 0.200. The Kier molecular flexibility index (Phi) is 2.48. The van der Waals surface area contributed by atoms with Crippen molar-refractivity contribution in [3.63, 3.8) is 0 Å². The average molecular weight is 222 g/mol. The Morgan fingerprint density at radius 1 is 0.941 bits per heavy atom. The molecule has 3 rings (SSSR count). The van der Waals surface area contributed by atoms with Crippen molar-refractivity contribution in [3.05, 3.63) is 48.3 Å². The van der Waals surface area contributed by atoms with Gasteiger partial charge in [0.15, 0.2) is 0 Å². The minimum absolute atomic E-state index is 1.00. The summed E-state index contributed by atoms with van der Waals surface area (Å²) in [6.45, 7) is 2.20. The van der Waals surface area contributed by atoms with Crippen molar-refractivity contribution in [2.24, 2.45) is 0 Å². The van der Waals surface area contributed by atoms with Crippen LogP contribution in [-0.2, 0) is 6.42 Å². The first-order chi connectivity index (χ1) is 8.40. The number of aryl methyl sites for hydroxylation is 1. The van der Waals surface area contributed by atoms with E-state index < -0.39 is 0 Å². The summed E-state index contributed by atoms with van der Waals surface area (Å²) in [4.78, 5) is 8.94. The van der Waals surface area contributed by atoms with Crippen molar-refractivity contribution >= 4 is 21.8 Å². The van der Waals surface area contributed by atoms with E-state index in [9.17, 15) is 0 Å². The molecule has 0 N–H and O–H groups in total. The maximum atomic E-state index is 4.49. The number of fused-ring (bicyclic) bond motifs is 3. The van der Waals surface area contributed by atoms with Crippen molar-refractivity contribution < 1.29 is 0 Å². The van der Waals surface area contributed by atoms with Crippen LogP contribution in [0, 0.1) is 0 Å². The standard InChI is InChI=1S/C15H14N2/c1-2-4-11-8-10-17-15-13(11)7-6-12-5-3-9-16-14(12)15/h3,5-10H,2,4H2,1H3. The lowest BCUT2D eigenvalue weighted by molar-refractivity contribution is 0.928. The molecule has 2 heteroatoms. The van der Waals surface area contributed by atoms with Crippen LogP contribution in [0.2, 0.25) is 0 Å². The smallest absolute Gasteiger partial charge is 0.0967 e. The van der Waals surface area contributed by atoms with E-state index in [1.165, 1.54) is 10.9 Å². The summed E-state index contributed by atoms with van der Waals surface area (Å²) in [6, 6.07) is 10.4. The van der Waals surface area contributed by atoms with Crippen molar-refractivity contribution in [2.45, 2.75) is 19.8 Å². The van der Waals surface area contributed by atoms with Gasteiger partial charge in [0.2, 0.25) is 0 Å². The molecule has 1 aromatic carbocycles. The second-order valence-electron chi connectivity index (χ2n) is 4.26. The number of nitrogens with zero attached hydrogens (tertiary/aromatic N) is 2. The van der Waals surface area contributed by atoms with Crippen LogP contribution in [0.1, 0.15) is 18.9 Å². The van der Waals surface area contributed by atoms with Crippen LogP contribution in [0.4, 0.5) is 0 Å². The van der Waals surface area contributed by atoms with Gasteiger partial charge in [-0.1, -0.05) is 31.5 Å². The third kappa shape index (κ3) is 1.66. The van der Waals surface area contributed by atoms with Crippen molar-refractivity contribution in [3.8, 4) is 0 Å². The SMILES string of the molecule is CCCc1ccnc2c1ccc1cccnc12. The molecule has 0 fully saturated rings. The molecule has 2 heterocycles. The van der Waals surface area contributed by atoms with E-state index in [0.29, 0.717) is 0 Å². The first-order valence-electron chi connectivity index (χ1n) is 6.01. The molecule has 2 nitrogen and oxygen atoms in total. The summed E-state index contributed by atoms with van der Waals surface area (Å²) in [7, 11) is 0. The molecule has 84 valence electrons. The Hall–Kier alpha value is -1.96. The first kappa shape index (κ1) is 10.2. The summed E-state index contributed by atoms with van der Waals surface area (Å²) < 4.78 is 0. The Morgan fingerprint density at radius 3 is 2.71 bits per heavy atom. The van der Waals surface area contributed by atoms with Crippen LogP contribution in [0.25, 0.3) is 21.8 Å². The van der Waals surface area contributed by atoms with Gasteiger partial charge in [0.25, 0.3) is 0 Å². The van der Waals surface area contributed by atoms with Gasteiger partial charge in [-0.3, -0.25) is 9.97 Å². The Balaban J connectivity index is 2.40. The van der Waals surface area contributed by atoms with Gasteiger partial charge in [0, 0.05) is 23.2 Å². The van der Waals surface area contributed by atoms with Gasteiger partial charge in [0.1, 0.15) is 0 Å². The third-order valence-electron chi connectivity index (χ3n) is 3.09. The van der Waals surface area contributed by atoms with Crippen LogP contribution < -0.4 is 0 Å². The minimum Gasteiger partial charge on any atom is -0.254 e. The van der Waals surface area contributed by atoms with Crippen molar-refractivity contribution in [2.75, 3.05) is 0 Å². The summed E-state index contributed by atoms with van der Waals surface area (Å²) in [5, 5.41) is 2.39. The topological polar surface area (TPSA) is 25.8 Å². The zero-order valence-corrected chi connectivity index (χ0v) is 9.85. The number of pyridine rings is 2. The number of hydrogen-bond donors (Lipinski definition) is 0. The molecule has 0 aliphatic heterocycles. The molecule has 0 atom stereocenters. The van der Waals surface area contributed by atoms with Gasteiger partial charge in [-0.05, 0) is 24.1 Å². The normalized spacial score (nSPS) is 11.1. The predicted octanol–water partition coefficient (Wildman–Crippen LogP) is 3.74. The van der Waals surface area contributed by atoms with Crippen LogP contribution in [0.15, 0.2) is 42.7 Å². The summed E-state index contributed by atoms with van der Waals surface area (Å²) in [6.07, 6.45) is 5.97. The van der Waals surface area contributed by atoms with Gasteiger partial charge in [-0.2, -0.15) is 0 Å². The van der Waals surface area contributed by atoms with E-state index in [-0.39, 0.29) is 0 Å². The Morgan fingerprint density at radius 2 is 1.82 bits per heavy atom. The van der Waals surface area contributed by atoms with Gasteiger partial charge in [-0.25, -0.2) is 0 Å². The van der Waals surface area contributed by atoms with Gasteiger partial charge in [-0.15, -0.1) is 0 Å². The molecule has 0 aliphatic carbocycles. The molecule has 2 aromatic heterocycles. The fourth-order valence-electron chi connectivity index (χ4n) is 2.30. The monoisotopic (exact) mass is 222 g/mol. The molecule has 0 radical (unpaired) electrons. The van der Waals surface area contributed by atoms with Crippen LogP contribution in [0.3, 0.4) is 0 Å². The fourth-order valence-corrected chi connectivity index (χ4v) is 2.30. The first-order valence-corrected chi connectivity index (χ1v) is 6.01. The highest BCUT2D eigenvalue weighted by molar-refractivity contribution is 6.03. The largest absolute Gasteiger partial charge is 0.254 e. The highest BCUT2D eigenvalue weighted by atomic mass is 14.7. The predicted molar refractivity (Wildman–Crippen MR) is 71.0 cm³/mol. The van der Waals surface area contributed by atoms with Crippen molar-refractivity contribution in [1.29, 1.82) is 0 Å². The lowest BCUT2D eigenvalue weighted by Gasteiger charge is -2.06. The van der Waals surface area contributed by atoms with E-state index in [4.69, 9.17) is 0 Å². The number of rotatable bonds is 2. The molecule has 0 bridgehead atoms.